The van der Waals surface area contributed by atoms with Crippen LogP contribution in [0, 0.1) is 12.8 Å². The van der Waals surface area contributed by atoms with E-state index in [9.17, 15) is 4.79 Å². The molecule has 0 bridgehead atoms. The molecule has 2 aromatic carbocycles. The highest BCUT2D eigenvalue weighted by Gasteiger charge is 2.33. The van der Waals surface area contributed by atoms with Crippen molar-refractivity contribution >= 4 is 5.97 Å². The van der Waals surface area contributed by atoms with Gasteiger partial charge in [-0.25, -0.2) is 0 Å². The molecule has 1 aromatic heterocycles. The maximum Gasteiger partial charge on any atom is 0.306 e. The molecule has 27 heavy (non-hydrogen) atoms. The number of nitrogens with zero attached hydrogens (tertiary/aromatic N) is 2. The van der Waals surface area contributed by atoms with Gasteiger partial charge in [-0.15, -0.1) is 0 Å². The Balaban J connectivity index is 1.36. The maximum absolute atomic E-state index is 10.8. The Morgan fingerprint density at radius 3 is 2.44 bits per heavy atom. The van der Waals surface area contributed by atoms with Crippen molar-refractivity contribution in [3.8, 4) is 22.8 Å². The van der Waals surface area contributed by atoms with Gasteiger partial charge in [0.05, 0.1) is 5.92 Å². The van der Waals surface area contributed by atoms with Gasteiger partial charge in [-0.2, -0.15) is 4.98 Å². The van der Waals surface area contributed by atoms with Gasteiger partial charge in [-0.1, -0.05) is 47.1 Å². The standard InChI is InChI=1S/C21H21N3O3/c1-13-2-6-16(7-3-13)20-23-19(24-27-20)15-8-4-14(5-9-15)12-22-18-10-17(11-18)21(25)26/h2-9,17-18,22H,10-12H2,1H3,(H,25,26). The van der Waals surface area contributed by atoms with Gasteiger partial charge in [0.15, 0.2) is 0 Å². The van der Waals surface area contributed by atoms with Crippen LogP contribution in [-0.2, 0) is 11.3 Å². The fourth-order valence-corrected chi connectivity index (χ4v) is 3.17. The average Bonchev–Trinajstić information content (AvgIpc) is 3.11. The number of carboxylic acids is 1. The molecule has 1 saturated carbocycles. The summed E-state index contributed by atoms with van der Waals surface area (Å²) in [4.78, 5) is 15.3. The molecular weight excluding hydrogens is 342 g/mol. The minimum Gasteiger partial charge on any atom is -0.481 e. The van der Waals surface area contributed by atoms with Crippen molar-refractivity contribution in [3.63, 3.8) is 0 Å². The lowest BCUT2D eigenvalue weighted by Gasteiger charge is -2.33. The van der Waals surface area contributed by atoms with Crippen molar-refractivity contribution in [3.05, 3.63) is 59.7 Å². The van der Waals surface area contributed by atoms with Gasteiger partial charge in [0.2, 0.25) is 5.82 Å². The third-order valence-electron chi connectivity index (χ3n) is 5.02. The van der Waals surface area contributed by atoms with Crippen molar-refractivity contribution in [1.82, 2.24) is 15.5 Å². The number of hydrogen-bond acceptors (Lipinski definition) is 5. The predicted molar refractivity (Wildman–Crippen MR) is 101 cm³/mol. The largest absolute Gasteiger partial charge is 0.481 e. The second kappa shape index (κ2) is 7.32. The Hall–Kier alpha value is -2.99. The highest BCUT2D eigenvalue weighted by atomic mass is 16.5. The SMILES string of the molecule is Cc1ccc(-c2nc(-c3ccc(CNC4CC(C(=O)O)C4)cc3)no2)cc1. The number of carboxylic acid groups (broad SMARTS) is 1. The summed E-state index contributed by atoms with van der Waals surface area (Å²) in [7, 11) is 0. The van der Waals surface area contributed by atoms with Crippen molar-refractivity contribution < 1.29 is 14.4 Å². The van der Waals surface area contributed by atoms with Crippen molar-refractivity contribution in [2.45, 2.75) is 32.4 Å². The summed E-state index contributed by atoms with van der Waals surface area (Å²) in [6, 6.07) is 16.3. The second-order valence-corrected chi connectivity index (χ2v) is 7.07. The predicted octanol–water partition coefficient (Wildman–Crippen LogP) is 3.66. The van der Waals surface area contributed by atoms with E-state index in [0.717, 1.165) is 23.2 Å². The normalized spacial score (nSPS) is 18.9. The fourth-order valence-electron chi connectivity index (χ4n) is 3.17. The lowest BCUT2D eigenvalue weighted by Crippen LogP contribution is -2.43. The van der Waals surface area contributed by atoms with Gasteiger partial charge in [0.25, 0.3) is 5.89 Å². The molecule has 1 fully saturated rings. The van der Waals surface area contributed by atoms with Gasteiger partial charge < -0.3 is 14.9 Å². The van der Waals surface area contributed by atoms with Crippen LogP contribution < -0.4 is 5.32 Å². The molecule has 0 aliphatic heterocycles. The first-order valence-corrected chi connectivity index (χ1v) is 9.05. The van der Waals surface area contributed by atoms with E-state index in [0.29, 0.717) is 30.6 Å². The van der Waals surface area contributed by atoms with E-state index in [1.807, 2.05) is 55.5 Å². The first-order valence-electron chi connectivity index (χ1n) is 9.05. The Morgan fingerprint density at radius 2 is 1.78 bits per heavy atom. The Kier molecular flexibility index (Phi) is 4.73. The van der Waals surface area contributed by atoms with Gasteiger partial charge >= 0.3 is 5.97 Å². The molecule has 138 valence electrons. The monoisotopic (exact) mass is 363 g/mol. The zero-order valence-electron chi connectivity index (χ0n) is 15.1. The molecule has 6 heteroatoms. The highest BCUT2D eigenvalue weighted by molar-refractivity contribution is 5.71. The number of benzene rings is 2. The van der Waals surface area contributed by atoms with Gasteiger partial charge in [-0.05, 0) is 37.5 Å². The Bertz CT molecular complexity index is 926. The molecule has 1 aliphatic carbocycles. The topological polar surface area (TPSA) is 88.2 Å². The molecule has 0 radical (unpaired) electrons. The third kappa shape index (κ3) is 3.90. The summed E-state index contributed by atoms with van der Waals surface area (Å²) < 4.78 is 5.38. The van der Waals surface area contributed by atoms with Crippen LogP contribution in [0.15, 0.2) is 53.1 Å². The van der Waals surface area contributed by atoms with Crippen molar-refractivity contribution in [1.29, 1.82) is 0 Å². The number of carbonyl (C=O) groups is 1. The molecule has 0 atom stereocenters. The van der Waals surface area contributed by atoms with E-state index in [4.69, 9.17) is 9.63 Å². The Morgan fingerprint density at radius 1 is 1.11 bits per heavy atom. The summed E-state index contributed by atoms with van der Waals surface area (Å²) in [6.07, 6.45) is 1.41. The zero-order chi connectivity index (χ0) is 18.8. The first-order chi connectivity index (χ1) is 13.1. The average molecular weight is 363 g/mol. The molecule has 0 saturated heterocycles. The second-order valence-electron chi connectivity index (χ2n) is 7.07. The Labute approximate surface area is 157 Å². The minimum absolute atomic E-state index is 0.189. The number of aliphatic carboxylic acids is 1. The van der Waals surface area contributed by atoms with E-state index >= 15 is 0 Å². The lowest BCUT2D eigenvalue weighted by atomic mass is 9.80. The quantitative estimate of drug-likeness (QED) is 0.695. The molecule has 0 amide bonds. The number of nitrogens with one attached hydrogen (secondary N) is 1. The summed E-state index contributed by atoms with van der Waals surface area (Å²) in [6.45, 7) is 2.76. The lowest BCUT2D eigenvalue weighted by molar-refractivity contribution is -0.145. The number of aromatic nitrogens is 2. The summed E-state index contributed by atoms with van der Waals surface area (Å²) in [5.74, 6) is 0.190. The molecule has 6 nitrogen and oxygen atoms in total. The third-order valence-corrected chi connectivity index (χ3v) is 5.02. The molecule has 1 heterocycles. The fraction of sp³-hybridized carbons (Fsp3) is 0.286. The smallest absolute Gasteiger partial charge is 0.306 e. The van der Waals surface area contributed by atoms with Crippen LogP contribution in [-0.4, -0.2) is 27.3 Å². The van der Waals surface area contributed by atoms with Crippen LogP contribution in [0.1, 0.15) is 24.0 Å². The molecule has 4 rings (SSSR count). The molecule has 0 unspecified atom stereocenters. The number of aryl methyl sites for hydroxylation is 1. The zero-order valence-corrected chi connectivity index (χ0v) is 15.1. The molecule has 2 N–H and O–H groups in total. The molecule has 3 aromatic rings. The number of hydrogen-bond donors (Lipinski definition) is 2. The van der Waals surface area contributed by atoms with E-state index in [1.165, 1.54) is 5.56 Å². The highest BCUT2D eigenvalue weighted by Crippen LogP contribution is 2.28. The van der Waals surface area contributed by atoms with Crippen LogP contribution in [0.2, 0.25) is 0 Å². The molecule has 0 spiro atoms. The first kappa shape index (κ1) is 17.4. The van der Waals surface area contributed by atoms with Gasteiger partial charge in [-0.3, -0.25) is 4.79 Å². The van der Waals surface area contributed by atoms with E-state index in [-0.39, 0.29) is 5.92 Å². The van der Waals surface area contributed by atoms with Crippen molar-refractivity contribution in [2.75, 3.05) is 0 Å². The van der Waals surface area contributed by atoms with Crippen LogP contribution in [0.3, 0.4) is 0 Å². The van der Waals surface area contributed by atoms with Crippen molar-refractivity contribution in [2.24, 2.45) is 5.92 Å². The summed E-state index contributed by atoms with van der Waals surface area (Å²) >= 11 is 0. The number of rotatable bonds is 6. The molecular formula is C21H21N3O3. The maximum atomic E-state index is 10.8. The van der Waals surface area contributed by atoms with E-state index in [2.05, 4.69) is 15.5 Å². The van der Waals surface area contributed by atoms with Crippen LogP contribution in [0.5, 0.6) is 0 Å². The van der Waals surface area contributed by atoms with Crippen LogP contribution >= 0.6 is 0 Å². The van der Waals surface area contributed by atoms with Crippen LogP contribution in [0.4, 0.5) is 0 Å². The van der Waals surface area contributed by atoms with E-state index in [1.54, 1.807) is 0 Å². The summed E-state index contributed by atoms with van der Waals surface area (Å²) in [5, 5.41) is 16.4. The van der Waals surface area contributed by atoms with Crippen LogP contribution in [0.25, 0.3) is 22.8 Å². The van der Waals surface area contributed by atoms with Gasteiger partial charge in [0.1, 0.15) is 0 Å². The van der Waals surface area contributed by atoms with Gasteiger partial charge in [0, 0.05) is 23.7 Å². The minimum atomic E-state index is -0.692. The molecule has 1 aliphatic rings. The summed E-state index contributed by atoms with van der Waals surface area (Å²) in [5.41, 5.74) is 4.12. The van der Waals surface area contributed by atoms with E-state index < -0.39 is 5.97 Å².